The first kappa shape index (κ1) is 12.4. The largest absolute Gasteiger partial charge is 0.382 e. The average Bonchev–Trinajstić information content (AvgIpc) is 2.39. The van der Waals surface area contributed by atoms with Gasteiger partial charge in [0.25, 0.3) is 0 Å². The molecule has 1 N–H and O–H groups in total. The molecule has 2 heteroatoms. The minimum atomic E-state index is -0.204. The van der Waals surface area contributed by atoms with Gasteiger partial charge in [-0.15, -0.1) is 0 Å². The lowest BCUT2D eigenvalue weighted by atomic mass is 10.2. The monoisotopic (exact) mass is 241 g/mol. The quantitative estimate of drug-likeness (QED) is 0.843. The van der Waals surface area contributed by atoms with E-state index in [0.29, 0.717) is 0 Å². The van der Waals surface area contributed by atoms with Crippen molar-refractivity contribution >= 4 is 11.8 Å². The van der Waals surface area contributed by atoms with Crippen molar-refractivity contribution in [1.29, 1.82) is 0 Å². The van der Waals surface area contributed by atoms with Gasteiger partial charge in [-0.1, -0.05) is 42.0 Å². The molecule has 0 aliphatic rings. The van der Waals surface area contributed by atoms with E-state index in [1.807, 2.05) is 12.2 Å². The third kappa shape index (κ3) is 3.74. The molecule has 1 nitrogen and oxygen atoms in total. The van der Waals surface area contributed by atoms with Gasteiger partial charge in [0, 0.05) is 12.2 Å². The van der Waals surface area contributed by atoms with E-state index in [2.05, 4.69) is 36.5 Å². The normalized spacial score (nSPS) is 10.8. The molecule has 0 aliphatic carbocycles. The summed E-state index contributed by atoms with van der Waals surface area (Å²) in [5, 5.41) is 3.29. The van der Waals surface area contributed by atoms with Crippen molar-refractivity contribution in [2.75, 3.05) is 11.9 Å². The summed E-state index contributed by atoms with van der Waals surface area (Å²) in [7, 11) is 0. The molecule has 0 fully saturated rings. The van der Waals surface area contributed by atoms with Gasteiger partial charge in [-0.25, -0.2) is 4.39 Å². The molecule has 2 aromatic rings. The lowest BCUT2D eigenvalue weighted by Gasteiger charge is -2.03. The van der Waals surface area contributed by atoms with Gasteiger partial charge < -0.3 is 5.32 Å². The summed E-state index contributed by atoms with van der Waals surface area (Å²) in [4.78, 5) is 0. The van der Waals surface area contributed by atoms with Crippen LogP contribution in [0.25, 0.3) is 6.08 Å². The number of rotatable bonds is 4. The fourth-order valence-corrected chi connectivity index (χ4v) is 1.62. The Balaban J connectivity index is 1.84. The molecule has 0 aromatic heterocycles. The van der Waals surface area contributed by atoms with E-state index in [0.717, 1.165) is 17.8 Å². The molecule has 18 heavy (non-hydrogen) atoms. The molecular weight excluding hydrogens is 225 g/mol. The zero-order chi connectivity index (χ0) is 12.8. The highest BCUT2D eigenvalue weighted by molar-refractivity contribution is 5.51. The van der Waals surface area contributed by atoms with Crippen LogP contribution in [-0.2, 0) is 0 Å². The smallest absolute Gasteiger partial charge is 0.123 e. The lowest BCUT2D eigenvalue weighted by molar-refractivity contribution is 0.628. The maximum atomic E-state index is 12.7. The third-order valence-corrected chi connectivity index (χ3v) is 2.66. The Hall–Kier alpha value is -2.09. The van der Waals surface area contributed by atoms with E-state index in [-0.39, 0.29) is 5.82 Å². The molecule has 0 aliphatic heterocycles. The van der Waals surface area contributed by atoms with Gasteiger partial charge in [-0.3, -0.25) is 0 Å². The van der Waals surface area contributed by atoms with Gasteiger partial charge in [0.05, 0.1) is 0 Å². The predicted molar refractivity (Wildman–Crippen MR) is 75.1 cm³/mol. The van der Waals surface area contributed by atoms with Crippen LogP contribution in [0.1, 0.15) is 11.1 Å². The Morgan fingerprint density at radius 2 is 1.67 bits per heavy atom. The minimum Gasteiger partial charge on any atom is -0.382 e. The van der Waals surface area contributed by atoms with Crippen LogP contribution in [0, 0.1) is 12.7 Å². The van der Waals surface area contributed by atoms with Crippen LogP contribution in [-0.4, -0.2) is 6.54 Å². The standard InChI is InChI=1S/C16H16FN/c1-13-4-10-16(11-5-13)18-12-2-3-14-6-8-15(17)9-7-14/h2-11,18H,12H2,1H3. The third-order valence-electron chi connectivity index (χ3n) is 2.66. The summed E-state index contributed by atoms with van der Waals surface area (Å²) in [6.45, 7) is 2.82. The van der Waals surface area contributed by atoms with Crippen molar-refractivity contribution < 1.29 is 4.39 Å². The van der Waals surface area contributed by atoms with Gasteiger partial charge in [0.1, 0.15) is 5.82 Å². The molecular formula is C16H16FN. The molecule has 0 saturated carbocycles. The van der Waals surface area contributed by atoms with E-state index < -0.39 is 0 Å². The zero-order valence-corrected chi connectivity index (χ0v) is 10.4. The molecule has 2 aromatic carbocycles. The molecule has 0 amide bonds. The molecule has 0 bridgehead atoms. The van der Waals surface area contributed by atoms with Crippen molar-refractivity contribution in [2.45, 2.75) is 6.92 Å². The molecule has 0 atom stereocenters. The van der Waals surface area contributed by atoms with Gasteiger partial charge in [-0.2, -0.15) is 0 Å². The van der Waals surface area contributed by atoms with E-state index in [1.165, 1.54) is 17.7 Å². The number of benzene rings is 2. The zero-order valence-electron chi connectivity index (χ0n) is 10.4. The second-order valence-electron chi connectivity index (χ2n) is 4.20. The highest BCUT2D eigenvalue weighted by Crippen LogP contribution is 2.08. The van der Waals surface area contributed by atoms with Crippen LogP contribution in [0.3, 0.4) is 0 Å². The highest BCUT2D eigenvalue weighted by Gasteiger charge is 1.90. The number of aryl methyl sites for hydroxylation is 1. The maximum absolute atomic E-state index is 12.7. The van der Waals surface area contributed by atoms with Gasteiger partial charge in [-0.05, 0) is 36.8 Å². The number of hydrogen-bond acceptors (Lipinski definition) is 1. The number of halogens is 1. The van der Waals surface area contributed by atoms with E-state index in [1.54, 1.807) is 12.1 Å². The Morgan fingerprint density at radius 3 is 2.33 bits per heavy atom. The van der Waals surface area contributed by atoms with Crippen molar-refractivity contribution in [3.05, 3.63) is 71.6 Å². The first-order valence-electron chi connectivity index (χ1n) is 5.97. The SMILES string of the molecule is Cc1ccc(NCC=Cc2ccc(F)cc2)cc1. The van der Waals surface area contributed by atoms with Crippen LogP contribution in [0.2, 0.25) is 0 Å². The summed E-state index contributed by atoms with van der Waals surface area (Å²) in [6, 6.07) is 14.7. The Kier molecular flexibility index (Phi) is 4.13. The number of anilines is 1. The van der Waals surface area contributed by atoms with E-state index in [4.69, 9.17) is 0 Å². The molecule has 0 spiro atoms. The first-order valence-corrected chi connectivity index (χ1v) is 5.97. The summed E-state index contributed by atoms with van der Waals surface area (Å²) < 4.78 is 12.7. The summed E-state index contributed by atoms with van der Waals surface area (Å²) in [5.41, 5.74) is 3.36. The second-order valence-corrected chi connectivity index (χ2v) is 4.20. The summed E-state index contributed by atoms with van der Waals surface area (Å²) in [5.74, 6) is -0.204. The molecule has 92 valence electrons. The summed E-state index contributed by atoms with van der Waals surface area (Å²) in [6.07, 6.45) is 3.99. The van der Waals surface area contributed by atoms with E-state index in [9.17, 15) is 4.39 Å². The average molecular weight is 241 g/mol. The molecule has 0 saturated heterocycles. The Morgan fingerprint density at radius 1 is 1.00 bits per heavy atom. The number of hydrogen-bond donors (Lipinski definition) is 1. The Labute approximate surface area is 107 Å². The summed E-state index contributed by atoms with van der Waals surface area (Å²) >= 11 is 0. The number of nitrogens with one attached hydrogen (secondary N) is 1. The molecule has 0 unspecified atom stereocenters. The first-order chi connectivity index (χ1) is 8.74. The van der Waals surface area contributed by atoms with Crippen LogP contribution in [0.4, 0.5) is 10.1 Å². The van der Waals surface area contributed by atoms with Crippen LogP contribution in [0.5, 0.6) is 0 Å². The van der Waals surface area contributed by atoms with Gasteiger partial charge in [0.15, 0.2) is 0 Å². The van der Waals surface area contributed by atoms with Crippen molar-refractivity contribution in [3.63, 3.8) is 0 Å². The van der Waals surface area contributed by atoms with Crippen molar-refractivity contribution in [2.24, 2.45) is 0 Å². The predicted octanol–water partition coefficient (Wildman–Crippen LogP) is 4.26. The lowest BCUT2D eigenvalue weighted by Crippen LogP contribution is -1.97. The van der Waals surface area contributed by atoms with Crippen molar-refractivity contribution in [3.8, 4) is 0 Å². The fourth-order valence-electron chi connectivity index (χ4n) is 1.62. The van der Waals surface area contributed by atoms with Gasteiger partial charge in [0.2, 0.25) is 0 Å². The van der Waals surface area contributed by atoms with Gasteiger partial charge >= 0.3 is 0 Å². The van der Waals surface area contributed by atoms with Crippen molar-refractivity contribution in [1.82, 2.24) is 0 Å². The van der Waals surface area contributed by atoms with Crippen LogP contribution >= 0.6 is 0 Å². The fraction of sp³-hybridized carbons (Fsp3) is 0.125. The molecule has 2 rings (SSSR count). The molecule has 0 radical (unpaired) electrons. The van der Waals surface area contributed by atoms with E-state index >= 15 is 0 Å². The maximum Gasteiger partial charge on any atom is 0.123 e. The van der Waals surface area contributed by atoms with Crippen LogP contribution in [0.15, 0.2) is 54.6 Å². The highest BCUT2D eigenvalue weighted by atomic mass is 19.1. The van der Waals surface area contributed by atoms with Crippen LogP contribution < -0.4 is 5.32 Å². The topological polar surface area (TPSA) is 12.0 Å². The second kappa shape index (κ2) is 6.01. The Bertz CT molecular complexity index is 512. The minimum absolute atomic E-state index is 0.204. The molecule has 0 heterocycles.